The number of anilines is 1. The lowest BCUT2D eigenvalue weighted by molar-refractivity contribution is 0.416. The van der Waals surface area contributed by atoms with Gasteiger partial charge in [0.1, 0.15) is 23.2 Å². The summed E-state index contributed by atoms with van der Waals surface area (Å²) >= 11 is 0. The molecule has 9 nitrogen and oxygen atoms in total. The summed E-state index contributed by atoms with van der Waals surface area (Å²) in [5.41, 5.74) is 6.11. The minimum atomic E-state index is 0.209. The van der Waals surface area contributed by atoms with Crippen LogP contribution in [0.3, 0.4) is 0 Å². The van der Waals surface area contributed by atoms with Gasteiger partial charge in [-0.25, -0.2) is 10.8 Å². The van der Waals surface area contributed by atoms with Gasteiger partial charge in [0.15, 0.2) is 0 Å². The molecular weight excluding hydrogens is 476 g/mol. The van der Waals surface area contributed by atoms with Crippen LogP contribution in [0, 0.1) is 5.41 Å². The monoisotopic (exact) mass is 516 g/mol. The van der Waals surface area contributed by atoms with Crippen LogP contribution in [0.1, 0.15) is 70.0 Å². The fourth-order valence-electron chi connectivity index (χ4n) is 4.96. The summed E-state index contributed by atoms with van der Waals surface area (Å²) in [5, 5.41) is 17.3. The molecule has 9 heteroatoms. The summed E-state index contributed by atoms with van der Waals surface area (Å²) in [5.74, 6) is 8.29. The highest BCUT2D eigenvalue weighted by molar-refractivity contribution is 6.00. The number of nitrogens with zero attached hydrogens (tertiary/aromatic N) is 5. The minimum Gasteiger partial charge on any atom is -0.495 e. The van der Waals surface area contributed by atoms with E-state index in [9.17, 15) is 0 Å². The van der Waals surface area contributed by atoms with Gasteiger partial charge in [0.2, 0.25) is 0 Å². The summed E-state index contributed by atoms with van der Waals surface area (Å²) in [7, 11) is 5.21. The van der Waals surface area contributed by atoms with Gasteiger partial charge in [-0.15, -0.1) is 0 Å². The molecule has 2 aromatic heterocycles. The van der Waals surface area contributed by atoms with E-state index in [0.29, 0.717) is 17.4 Å². The second-order valence-corrected chi connectivity index (χ2v) is 10.1. The first-order valence-electron chi connectivity index (χ1n) is 13.2. The van der Waals surface area contributed by atoms with Crippen molar-refractivity contribution in [2.45, 2.75) is 58.9 Å². The van der Waals surface area contributed by atoms with Gasteiger partial charge in [-0.3, -0.25) is 15.1 Å². The number of nitrogens with one attached hydrogen (secondary N) is 2. The standard InChI is InChI=1S/C29H40N8O/c1-7-19(2)14-22-15-26(23-17-32-35(4)18-23)37(24-10-8-9-11-24)29(22)34-20(3)33-25-13-12-21(16-27(25)38-6)28(30)36(5)31/h12-18,24,30H,7-11,31H2,1-6H3,(H,33,34). The Balaban J connectivity index is 1.79. The molecule has 1 saturated carbocycles. The van der Waals surface area contributed by atoms with Crippen LogP contribution in [0.25, 0.3) is 17.3 Å². The molecule has 1 fully saturated rings. The second kappa shape index (κ2) is 11.7. The Kier molecular flexibility index (Phi) is 8.36. The van der Waals surface area contributed by atoms with Gasteiger partial charge < -0.3 is 14.6 Å². The Hall–Kier alpha value is -3.85. The number of amidine groups is 2. The number of nitrogens with two attached hydrogens (primary N) is 1. The molecule has 1 aliphatic rings. The predicted molar refractivity (Wildman–Crippen MR) is 156 cm³/mol. The molecule has 2 heterocycles. The number of benzene rings is 1. The summed E-state index contributed by atoms with van der Waals surface area (Å²) < 4.78 is 9.90. The molecule has 0 unspecified atom stereocenters. The third-order valence-corrected chi connectivity index (χ3v) is 7.11. The van der Waals surface area contributed by atoms with Crippen molar-refractivity contribution in [3.8, 4) is 17.0 Å². The van der Waals surface area contributed by atoms with Crippen molar-refractivity contribution in [3.05, 3.63) is 53.4 Å². The van der Waals surface area contributed by atoms with Crippen molar-refractivity contribution in [2.24, 2.45) is 17.9 Å². The first kappa shape index (κ1) is 27.2. The number of aliphatic imine (C=N–C) groups is 1. The van der Waals surface area contributed by atoms with Gasteiger partial charge >= 0.3 is 0 Å². The maximum absolute atomic E-state index is 8.18. The molecule has 0 saturated heterocycles. The Bertz CT molecular complexity index is 1350. The molecule has 1 aromatic carbocycles. The topological polar surface area (TPSA) is 109 Å². The molecule has 4 rings (SSSR count). The molecule has 38 heavy (non-hydrogen) atoms. The number of hydrogen-bond acceptors (Lipinski definition) is 5. The number of aromatic nitrogens is 3. The van der Waals surface area contributed by atoms with E-state index in [1.165, 1.54) is 23.4 Å². The van der Waals surface area contributed by atoms with Crippen molar-refractivity contribution in [1.82, 2.24) is 19.4 Å². The van der Waals surface area contributed by atoms with E-state index in [-0.39, 0.29) is 5.84 Å². The Morgan fingerprint density at radius 2 is 2.03 bits per heavy atom. The smallest absolute Gasteiger partial charge is 0.143 e. The van der Waals surface area contributed by atoms with E-state index in [0.717, 1.165) is 53.4 Å². The van der Waals surface area contributed by atoms with Crippen molar-refractivity contribution >= 4 is 29.3 Å². The molecule has 0 spiro atoms. The fraction of sp³-hybridized carbons (Fsp3) is 0.414. The van der Waals surface area contributed by atoms with Crippen LogP contribution in [0.4, 0.5) is 11.5 Å². The number of ether oxygens (including phenoxy) is 1. The highest BCUT2D eigenvalue weighted by Crippen LogP contribution is 2.42. The van der Waals surface area contributed by atoms with Gasteiger partial charge in [-0.1, -0.05) is 31.4 Å². The minimum absolute atomic E-state index is 0.209. The van der Waals surface area contributed by atoms with Crippen LogP contribution in [0.15, 0.2) is 47.2 Å². The lowest BCUT2D eigenvalue weighted by Crippen LogP contribution is -2.33. The van der Waals surface area contributed by atoms with E-state index >= 15 is 0 Å². The molecule has 0 bridgehead atoms. The van der Waals surface area contributed by atoms with Crippen molar-refractivity contribution in [2.75, 3.05) is 19.5 Å². The van der Waals surface area contributed by atoms with Crippen LogP contribution >= 0.6 is 0 Å². The zero-order chi connectivity index (χ0) is 27.4. The lowest BCUT2D eigenvalue weighted by Gasteiger charge is -2.19. The number of allylic oxidation sites excluding steroid dienone is 1. The highest BCUT2D eigenvalue weighted by Gasteiger charge is 2.25. The molecule has 0 aliphatic heterocycles. The van der Waals surface area contributed by atoms with Crippen molar-refractivity contribution < 1.29 is 4.74 Å². The first-order chi connectivity index (χ1) is 18.2. The number of methoxy groups -OCH3 is 1. The van der Waals surface area contributed by atoms with E-state index in [1.54, 1.807) is 14.2 Å². The Labute approximate surface area is 225 Å². The molecule has 1 aliphatic carbocycles. The van der Waals surface area contributed by atoms with E-state index in [2.05, 4.69) is 47.2 Å². The number of aryl methyl sites for hydroxylation is 1. The van der Waals surface area contributed by atoms with Crippen LogP contribution in [0.2, 0.25) is 0 Å². The SMILES string of the molecule is CCC(C)=Cc1cc(-c2cnn(C)c2)n(C2CCCC2)c1/N=C(\C)Nc1ccc(C(=N)N(C)N)cc1OC. The molecule has 4 N–H and O–H groups in total. The molecule has 0 atom stereocenters. The second-order valence-electron chi connectivity index (χ2n) is 10.1. The first-order valence-corrected chi connectivity index (χ1v) is 13.2. The average Bonchev–Trinajstić information content (AvgIpc) is 3.64. The quantitative estimate of drug-likeness (QED) is 0.145. The van der Waals surface area contributed by atoms with E-state index in [1.807, 2.05) is 43.0 Å². The third-order valence-electron chi connectivity index (χ3n) is 7.11. The maximum atomic E-state index is 8.18. The van der Waals surface area contributed by atoms with E-state index in [4.69, 9.17) is 21.0 Å². The van der Waals surface area contributed by atoms with Gasteiger partial charge in [0.25, 0.3) is 0 Å². The van der Waals surface area contributed by atoms with Gasteiger partial charge in [0.05, 0.1) is 24.7 Å². The summed E-state index contributed by atoms with van der Waals surface area (Å²) in [6, 6.07) is 8.20. The molecule has 0 radical (unpaired) electrons. The molecule has 3 aromatic rings. The molecule has 202 valence electrons. The number of hydrogen-bond donors (Lipinski definition) is 3. The van der Waals surface area contributed by atoms with Gasteiger partial charge in [-0.05, 0) is 57.4 Å². The summed E-state index contributed by atoms with van der Waals surface area (Å²) in [6.07, 6.45) is 12.0. The third kappa shape index (κ3) is 5.83. The van der Waals surface area contributed by atoms with Crippen LogP contribution in [-0.4, -0.2) is 45.2 Å². The van der Waals surface area contributed by atoms with Gasteiger partial charge in [0, 0.05) is 43.0 Å². The number of rotatable bonds is 8. The normalized spacial score (nSPS) is 14.7. The maximum Gasteiger partial charge on any atom is 0.143 e. The lowest BCUT2D eigenvalue weighted by atomic mass is 10.1. The zero-order valence-corrected chi connectivity index (χ0v) is 23.4. The average molecular weight is 517 g/mol. The highest BCUT2D eigenvalue weighted by atomic mass is 16.5. The Morgan fingerprint density at radius 1 is 1.29 bits per heavy atom. The van der Waals surface area contributed by atoms with Gasteiger partial charge in [-0.2, -0.15) is 5.10 Å². The summed E-state index contributed by atoms with van der Waals surface area (Å²) in [4.78, 5) is 5.17. The zero-order valence-electron chi connectivity index (χ0n) is 23.4. The number of hydrazine groups is 1. The summed E-state index contributed by atoms with van der Waals surface area (Å²) in [6.45, 7) is 6.31. The van der Waals surface area contributed by atoms with Crippen LogP contribution in [0.5, 0.6) is 5.75 Å². The van der Waals surface area contributed by atoms with Crippen LogP contribution in [-0.2, 0) is 7.05 Å². The largest absolute Gasteiger partial charge is 0.495 e. The fourth-order valence-corrected chi connectivity index (χ4v) is 4.96. The van der Waals surface area contributed by atoms with Crippen LogP contribution < -0.4 is 15.9 Å². The van der Waals surface area contributed by atoms with E-state index < -0.39 is 0 Å². The predicted octanol–water partition coefficient (Wildman–Crippen LogP) is 6.12. The Morgan fingerprint density at radius 3 is 2.63 bits per heavy atom. The molecular formula is C29H40N8O. The molecule has 0 amide bonds. The van der Waals surface area contributed by atoms with Crippen molar-refractivity contribution in [3.63, 3.8) is 0 Å². The van der Waals surface area contributed by atoms with Crippen molar-refractivity contribution in [1.29, 1.82) is 5.41 Å².